The van der Waals surface area contributed by atoms with Crippen LogP contribution in [0.2, 0.25) is 0 Å². The lowest BCUT2D eigenvalue weighted by atomic mass is 9.84. The molecule has 2 bridgehead atoms. The van der Waals surface area contributed by atoms with Crippen LogP contribution >= 0.6 is 0 Å². The first-order chi connectivity index (χ1) is 8.02. The van der Waals surface area contributed by atoms with E-state index in [0.29, 0.717) is 0 Å². The summed E-state index contributed by atoms with van der Waals surface area (Å²) in [5.41, 5.74) is -1.12. The van der Waals surface area contributed by atoms with Gasteiger partial charge in [0.1, 0.15) is 5.54 Å². The van der Waals surface area contributed by atoms with Crippen molar-refractivity contribution >= 4 is 0 Å². The molecular formula is C12H11F3N2. The van der Waals surface area contributed by atoms with Gasteiger partial charge in [-0.15, -0.1) is 0 Å². The van der Waals surface area contributed by atoms with Gasteiger partial charge in [-0.1, -0.05) is 18.2 Å². The summed E-state index contributed by atoms with van der Waals surface area (Å²) in [5.74, 6) is -0.192. The summed E-state index contributed by atoms with van der Waals surface area (Å²) in [6.07, 6.45) is 0.259. The summed E-state index contributed by atoms with van der Waals surface area (Å²) in [5, 5.41) is 2.65. The molecule has 2 nitrogen and oxygen atoms in total. The van der Waals surface area contributed by atoms with Gasteiger partial charge < -0.3 is 0 Å². The lowest BCUT2D eigenvalue weighted by Crippen LogP contribution is -2.50. The smallest absolute Gasteiger partial charge is 0.293 e. The van der Waals surface area contributed by atoms with Crippen LogP contribution in [0.4, 0.5) is 13.2 Å². The number of nitrogens with zero attached hydrogens (tertiary/aromatic N) is 1. The second-order valence-electron chi connectivity index (χ2n) is 4.56. The lowest BCUT2D eigenvalue weighted by molar-refractivity contribution is -0.176. The van der Waals surface area contributed by atoms with Crippen LogP contribution in [0.25, 0.3) is 0 Å². The molecule has 1 aromatic heterocycles. The maximum atomic E-state index is 13.0. The summed E-state index contributed by atoms with van der Waals surface area (Å²) in [6.45, 7) is 0. The topological polar surface area (TPSA) is 24.9 Å². The second-order valence-corrected chi connectivity index (χ2v) is 4.56. The fourth-order valence-electron chi connectivity index (χ4n) is 2.67. The maximum Gasteiger partial charge on any atom is 0.410 e. The number of halogens is 3. The minimum absolute atomic E-state index is 0.0364. The maximum absolute atomic E-state index is 13.0. The molecule has 3 atom stereocenters. The average molecular weight is 240 g/mol. The highest BCUT2D eigenvalue weighted by atomic mass is 19.4. The Balaban J connectivity index is 1.93. The Morgan fingerprint density at radius 1 is 1.35 bits per heavy atom. The van der Waals surface area contributed by atoms with Gasteiger partial charge in [0.05, 0.1) is 0 Å². The molecule has 1 aromatic rings. The van der Waals surface area contributed by atoms with E-state index in [1.807, 2.05) is 0 Å². The fourth-order valence-corrected chi connectivity index (χ4v) is 2.67. The molecule has 2 aliphatic rings. The number of hydrogen-bond donors (Lipinski definition) is 1. The van der Waals surface area contributed by atoms with Crippen molar-refractivity contribution in [1.82, 2.24) is 10.3 Å². The standard InChI is InChI=1S/C12H11F3N2/c13-12(14,15)11-5-4-10(17-11)8(7-11)9-3-1-2-6-16-9/h1-6,8,10,17H,7H2. The van der Waals surface area contributed by atoms with Gasteiger partial charge in [0, 0.05) is 23.9 Å². The zero-order chi connectivity index (χ0) is 12.1. The molecule has 0 radical (unpaired) electrons. The van der Waals surface area contributed by atoms with Crippen LogP contribution in [0, 0.1) is 0 Å². The first kappa shape index (κ1) is 10.8. The number of aromatic nitrogens is 1. The van der Waals surface area contributed by atoms with E-state index in [-0.39, 0.29) is 18.4 Å². The number of pyridine rings is 1. The Morgan fingerprint density at radius 3 is 2.76 bits per heavy atom. The molecule has 0 aromatic carbocycles. The van der Waals surface area contributed by atoms with Gasteiger partial charge in [-0.2, -0.15) is 13.2 Å². The third kappa shape index (κ3) is 1.49. The summed E-state index contributed by atoms with van der Waals surface area (Å²) >= 11 is 0. The van der Waals surface area contributed by atoms with Crippen molar-refractivity contribution in [3.63, 3.8) is 0 Å². The third-order valence-electron chi connectivity index (χ3n) is 3.56. The van der Waals surface area contributed by atoms with E-state index >= 15 is 0 Å². The van der Waals surface area contributed by atoms with Crippen LogP contribution in [0.3, 0.4) is 0 Å². The number of fused-ring (bicyclic) bond motifs is 2. The Morgan fingerprint density at radius 2 is 2.18 bits per heavy atom. The van der Waals surface area contributed by atoms with E-state index in [1.54, 1.807) is 30.5 Å². The zero-order valence-electron chi connectivity index (χ0n) is 8.91. The third-order valence-corrected chi connectivity index (χ3v) is 3.56. The van der Waals surface area contributed by atoms with E-state index in [9.17, 15) is 13.2 Å². The highest BCUT2D eigenvalue weighted by molar-refractivity contribution is 5.34. The van der Waals surface area contributed by atoms with Crippen LogP contribution < -0.4 is 5.32 Å². The molecule has 90 valence electrons. The van der Waals surface area contributed by atoms with Gasteiger partial charge in [-0.25, -0.2) is 0 Å². The van der Waals surface area contributed by atoms with Crippen molar-refractivity contribution in [2.24, 2.45) is 0 Å². The normalized spacial score (nSPS) is 35.5. The molecule has 0 saturated carbocycles. The van der Waals surface area contributed by atoms with Crippen molar-refractivity contribution in [3.05, 3.63) is 42.2 Å². The quantitative estimate of drug-likeness (QED) is 0.762. The molecule has 5 heteroatoms. The fraction of sp³-hybridized carbons (Fsp3) is 0.417. The average Bonchev–Trinajstić information content (AvgIpc) is 2.88. The minimum Gasteiger partial charge on any atom is -0.293 e. The van der Waals surface area contributed by atoms with E-state index in [0.717, 1.165) is 5.69 Å². The number of nitrogens with one attached hydrogen (secondary N) is 1. The predicted octanol–water partition coefficient (Wildman–Crippen LogP) is 2.40. The Kier molecular flexibility index (Phi) is 2.10. The van der Waals surface area contributed by atoms with E-state index < -0.39 is 11.7 Å². The summed E-state index contributed by atoms with van der Waals surface area (Å²) in [6, 6.07) is 5.09. The van der Waals surface area contributed by atoms with Crippen molar-refractivity contribution in [3.8, 4) is 0 Å². The van der Waals surface area contributed by atoms with Gasteiger partial charge in [-0.05, 0) is 18.6 Å². The van der Waals surface area contributed by atoms with Gasteiger partial charge in [0.25, 0.3) is 0 Å². The van der Waals surface area contributed by atoms with Crippen LogP contribution in [-0.2, 0) is 0 Å². The molecule has 2 aliphatic heterocycles. The SMILES string of the molecule is FC(F)(F)C12C=CC(N1)C(c1ccccn1)C2. The van der Waals surface area contributed by atoms with Gasteiger partial charge in [0.15, 0.2) is 0 Å². The molecule has 0 spiro atoms. The Bertz CT molecular complexity index is 455. The highest BCUT2D eigenvalue weighted by Gasteiger charge is 2.62. The van der Waals surface area contributed by atoms with Crippen LogP contribution in [0.1, 0.15) is 18.0 Å². The number of alkyl halides is 3. The number of rotatable bonds is 1. The van der Waals surface area contributed by atoms with Crippen LogP contribution in [-0.4, -0.2) is 22.7 Å². The highest BCUT2D eigenvalue weighted by Crippen LogP contribution is 2.49. The van der Waals surface area contributed by atoms with Crippen molar-refractivity contribution in [1.29, 1.82) is 0 Å². The molecule has 17 heavy (non-hydrogen) atoms. The summed E-state index contributed by atoms with van der Waals surface area (Å²) < 4.78 is 39.0. The van der Waals surface area contributed by atoms with Crippen molar-refractivity contribution in [2.75, 3.05) is 0 Å². The van der Waals surface area contributed by atoms with Crippen LogP contribution in [0.15, 0.2) is 36.5 Å². The lowest BCUT2D eigenvalue weighted by Gasteiger charge is -2.27. The van der Waals surface area contributed by atoms with E-state index in [4.69, 9.17) is 0 Å². The van der Waals surface area contributed by atoms with E-state index in [1.165, 1.54) is 6.08 Å². The van der Waals surface area contributed by atoms with Crippen molar-refractivity contribution < 1.29 is 13.2 Å². The Hall–Kier alpha value is -1.36. The van der Waals surface area contributed by atoms with E-state index in [2.05, 4.69) is 10.3 Å². The minimum atomic E-state index is -4.25. The molecule has 3 unspecified atom stereocenters. The van der Waals surface area contributed by atoms with Gasteiger partial charge in [-0.3, -0.25) is 10.3 Å². The molecule has 1 N–H and O–H groups in total. The second kappa shape index (κ2) is 3.32. The zero-order valence-corrected chi connectivity index (χ0v) is 8.91. The largest absolute Gasteiger partial charge is 0.410 e. The first-order valence-electron chi connectivity index (χ1n) is 5.47. The molecule has 1 fully saturated rings. The van der Waals surface area contributed by atoms with Crippen LogP contribution in [0.5, 0.6) is 0 Å². The molecule has 0 amide bonds. The predicted molar refractivity (Wildman–Crippen MR) is 56.4 cm³/mol. The first-order valence-corrected chi connectivity index (χ1v) is 5.47. The van der Waals surface area contributed by atoms with Gasteiger partial charge >= 0.3 is 6.18 Å². The number of hydrogen-bond acceptors (Lipinski definition) is 2. The molecule has 0 aliphatic carbocycles. The summed E-state index contributed by atoms with van der Waals surface area (Å²) in [4.78, 5) is 4.15. The molecule has 3 rings (SSSR count). The molecule has 1 saturated heterocycles. The van der Waals surface area contributed by atoms with Crippen molar-refractivity contribution in [2.45, 2.75) is 30.1 Å². The monoisotopic (exact) mass is 240 g/mol. The molecular weight excluding hydrogens is 229 g/mol. The summed E-state index contributed by atoms with van der Waals surface area (Å²) in [7, 11) is 0. The van der Waals surface area contributed by atoms with Gasteiger partial charge in [0.2, 0.25) is 0 Å². The Labute approximate surface area is 96.6 Å². The molecule has 3 heterocycles.